The number of esters is 1. The van der Waals surface area contributed by atoms with Gasteiger partial charge in [0.25, 0.3) is 5.91 Å². The highest BCUT2D eigenvalue weighted by atomic mass is 19.1. The summed E-state index contributed by atoms with van der Waals surface area (Å²) >= 11 is 0. The molecule has 29 heavy (non-hydrogen) atoms. The van der Waals surface area contributed by atoms with Gasteiger partial charge in [0.1, 0.15) is 17.3 Å². The number of ether oxygens (including phenoxy) is 2. The maximum absolute atomic E-state index is 13.8. The summed E-state index contributed by atoms with van der Waals surface area (Å²) in [4.78, 5) is 24.5. The molecule has 7 heteroatoms. The van der Waals surface area contributed by atoms with Crippen molar-refractivity contribution in [3.63, 3.8) is 0 Å². The van der Waals surface area contributed by atoms with Gasteiger partial charge in [-0.05, 0) is 37.3 Å². The predicted octanol–water partition coefficient (Wildman–Crippen LogP) is 3.96. The molecular formula is C22H20FNO5. The van der Waals surface area contributed by atoms with Crippen LogP contribution in [-0.4, -0.2) is 25.1 Å². The third-order valence-corrected chi connectivity index (χ3v) is 4.25. The lowest BCUT2D eigenvalue weighted by Gasteiger charge is -2.14. The molecule has 1 N–H and O–H groups in total. The lowest BCUT2D eigenvalue weighted by molar-refractivity contribution is -0.129. The molecule has 1 atom stereocenters. The second kappa shape index (κ2) is 9.05. The molecule has 1 aromatic heterocycles. The summed E-state index contributed by atoms with van der Waals surface area (Å²) in [6.07, 6.45) is -1.04. The molecule has 0 saturated carbocycles. The summed E-state index contributed by atoms with van der Waals surface area (Å²) in [5.74, 6) is -1.02. The Hall–Kier alpha value is -3.61. The third-order valence-electron chi connectivity index (χ3n) is 4.25. The van der Waals surface area contributed by atoms with Crippen LogP contribution >= 0.6 is 0 Å². The highest BCUT2D eigenvalue weighted by molar-refractivity contribution is 5.90. The van der Waals surface area contributed by atoms with E-state index in [1.54, 1.807) is 25.3 Å². The van der Waals surface area contributed by atoms with Gasteiger partial charge in [-0.25, -0.2) is 9.18 Å². The van der Waals surface area contributed by atoms with Crippen molar-refractivity contribution in [2.45, 2.75) is 19.6 Å². The Labute approximate surface area is 167 Å². The number of hydrogen-bond acceptors (Lipinski definition) is 5. The number of methoxy groups -OCH3 is 1. The van der Waals surface area contributed by atoms with E-state index >= 15 is 0 Å². The highest BCUT2D eigenvalue weighted by Crippen LogP contribution is 2.25. The summed E-state index contributed by atoms with van der Waals surface area (Å²) in [7, 11) is 1.55. The van der Waals surface area contributed by atoms with Crippen LogP contribution in [-0.2, 0) is 16.1 Å². The Kier molecular flexibility index (Phi) is 6.29. The molecule has 0 aliphatic heterocycles. The van der Waals surface area contributed by atoms with Crippen molar-refractivity contribution in [1.82, 2.24) is 5.32 Å². The zero-order chi connectivity index (χ0) is 20.8. The van der Waals surface area contributed by atoms with E-state index in [0.717, 1.165) is 5.56 Å². The van der Waals surface area contributed by atoms with Crippen molar-refractivity contribution in [3.05, 3.63) is 77.8 Å². The molecule has 2 aromatic carbocycles. The van der Waals surface area contributed by atoms with Crippen molar-refractivity contribution in [2.24, 2.45) is 0 Å². The number of carbonyl (C=O) groups excluding carboxylic acids is 2. The van der Waals surface area contributed by atoms with E-state index in [0.29, 0.717) is 5.75 Å². The SMILES string of the molecule is COc1ccccc1CNC(=O)[C@@H](C)OC(=O)c1ccc(-c2ccccc2F)o1. The number of benzene rings is 2. The molecule has 0 fully saturated rings. The summed E-state index contributed by atoms with van der Waals surface area (Å²) in [5.41, 5.74) is 1.02. The first-order valence-electron chi connectivity index (χ1n) is 8.95. The largest absolute Gasteiger partial charge is 0.496 e. The van der Waals surface area contributed by atoms with Crippen molar-refractivity contribution in [1.29, 1.82) is 0 Å². The van der Waals surface area contributed by atoms with Gasteiger partial charge in [0, 0.05) is 12.1 Å². The standard InChI is InChI=1S/C22H20FNO5/c1-14(21(25)24-13-15-7-3-6-10-18(15)27-2)28-22(26)20-12-11-19(29-20)16-8-4-5-9-17(16)23/h3-12,14H,13H2,1-2H3,(H,24,25)/t14-/m1/s1. The molecule has 1 heterocycles. The van der Waals surface area contributed by atoms with E-state index in [-0.39, 0.29) is 23.6 Å². The van der Waals surface area contributed by atoms with E-state index in [4.69, 9.17) is 13.9 Å². The topological polar surface area (TPSA) is 77.8 Å². The molecule has 1 amide bonds. The van der Waals surface area contributed by atoms with E-state index in [1.165, 1.54) is 31.2 Å². The van der Waals surface area contributed by atoms with Gasteiger partial charge in [0.05, 0.1) is 12.7 Å². The van der Waals surface area contributed by atoms with Crippen LogP contribution in [0.3, 0.4) is 0 Å². The number of hydrogen-bond donors (Lipinski definition) is 1. The molecular weight excluding hydrogens is 377 g/mol. The predicted molar refractivity (Wildman–Crippen MR) is 104 cm³/mol. The fraction of sp³-hybridized carbons (Fsp3) is 0.182. The minimum absolute atomic E-state index is 0.118. The van der Waals surface area contributed by atoms with Crippen LogP contribution in [0.1, 0.15) is 23.0 Å². The molecule has 3 aromatic rings. The molecule has 6 nitrogen and oxygen atoms in total. The number of halogens is 1. The van der Waals surface area contributed by atoms with Crippen molar-refractivity contribution in [2.75, 3.05) is 7.11 Å². The fourth-order valence-electron chi connectivity index (χ4n) is 2.70. The number of rotatable bonds is 7. The Morgan fingerprint density at radius 3 is 2.55 bits per heavy atom. The Morgan fingerprint density at radius 2 is 1.79 bits per heavy atom. The number of carbonyl (C=O) groups is 2. The van der Waals surface area contributed by atoms with Gasteiger partial charge < -0.3 is 19.2 Å². The maximum atomic E-state index is 13.8. The first kappa shape index (κ1) is 20.1. The lowest BCUT2D eigenvalue weighted by Crippen LogP contribution is -2.35. The van der Waals surface area contributed by atoms with Gasteiger partial charge in [-0.2, -0.15) is 0 Å². The zero-order valence-electron chi connectivity index (χ0n) is 16.0. The molecule has 0 radical (unpaired) electrons. The molecule has 0 unspecified atom stereocenters. The lowest BCUT2D eigenvalue weighted by atomic mass is 10.1. The van der Waals surface area contributed by atoms with Gasteiger partial charge in [0.15, 0.2) is 6.10 Å². The quantitative estimate of drug-likeness (QED) is 0.611. The second-order valence-electron chi connectivity index (χ2n) is 6.22. The van der Waals surface area contributed by atoms with Crippen molar-refractivity contribution >= 4 is 11.9 Å². The number of nitrogens with one attached hydrogen (secondary N) is 1. The van der Waals surface area contributed by atoms with Gasteiger partial charge in [-0.15, -0.1) is 0 Å². The molecule has 0 saturated heterocycles. The second-order valence-corrected chi connectivity index (χ2v) is 6.22. The summed E-state index contributed by atoms with van der Waals surface area (Å²) in [6.45, 7) is 1.68. The normalized spacial score (nSPS) is 11.6. The summed E-state index contributed by atoms with van der Waals surface area (Å²) in [6, 6.07) is 16.2. The maximum Gasteiger partial charge on any atom is 0.375 e. The Balaban J connectivity index is 1.59. The van der Waals surface area contributed by atoms with Gasteiger partial charge in [-0.3, -0.25) is 4.79 Å². The fourth-order valence-corrected chi connectivity index (χ4v) is 2.70. The van der Waals surface area contributed by atoms with Crippen LogP contribution in [0.15, 0.2) is 65.1 Å². The van der Waals surface area contributed by atoms with Crippen LogP contribution in [0, 0.1) is 5.82 Å². The first-order chi connectivity index (χ1) is 14.0. The van der Waals surface area contributed by atoms with Crippen LogP contribution in [0.25, 0.3) is 11.3 Å². The molecule has 0 aliphatic rings. The van der Waals surface area contributed by atoms with Gasteiger partial charge in [0.2, 0.25) is 5.76 Å². The molecule has 150 valence electrons. The Morgan fingerprint density at radius 1 is 1.07 bits per heavy atom. The van der Waals surface area contributed by atoms with Crippen LogP contribution < -0.4 is 10.1 Å². The number of para-hydroxylation sites is 1. The average molecular weight is 397 g/mol. The number of furan rings is 1. The van der Waals surface area contributed by atoms with E-state index in [2.05, 4.69) is 5.32 Å². The third kappa shape index (κ3) is 4.82. The van der Waals surface area contributed by atoms with Gasteiger partial charge >= 0.3 is 5.97 Å². The summed E-state index contributed by atoms with van der Waals surface area (Å²) in [5, 5.41) is 2.69. The van der Waals surface area contributed by atoms with Gasteiger partial charge in [-0.1, -0.05) is 30.3 Å². The Bertz CT molecular complexity index is 1010. The van der Waals surface area contributed by atoms with E-state index in [9.17, 15) is 14.0 Å². The molecule has 0 spiro atoms. The summed E-state index contributed by atoms with van der Waals surface area (Å²) < 4.78 is 29.6. The minimum atomic E-state index is -1.04. The monoisotopic (exact) mass is 397 g/mol. The van der Waals surface area contributed by atoms with Crippen LogP contribution in [0.2, 0.25) is 0 Å². The minimum Gasteiger partial charge on any atom is -0.496 e. The van der Waals surface area contributed by atoms with Crippen molar-refractivity contribution in [3.8, 4) is 17.1 Å². The van der Waals surface area contributed by atoms with Crippen molar-refractivity contribution < 1.29 is 27.9 Å². The molecule has 3 rings (SSSR count). The van der Waals surface area contributed by atoms with Crippen LogP contribution in [0.5, 0.6) is 5.75 Å². The van der Waals surface area contributed by atoms with Crippen LogP contribution in [0.4, 0.5) is 4.39 Å². The first-order valence-corrected chi connectivity index (χ1v) is 8.95. The number of amides is 1. The van der Waals surface area contributed by atoms with E-state index < -0.39 is 23.8 Å². The zero-order valence-corrected chi connectivity index (χ0v) is 16.0. The average Bonchev–Trinajstić information content (AvgIpc) is 3.22. The smallest absolute Gasteiger partial charge is 0.375 e. The molecule has 0 bridgehead atoms. The molecule has 0 aliphatic carbocycles. The highest BCUT2D eigenvalue weighted by Gasteiger charge is 2.22. The van der Waals surface area contributed by atoms with E-state index in [1.807, 2.05) is 18.2 Å².